The number of aryl methyl sites for hydroxylation is 1. The molecule has 1 N–H and O–H groups in total. The molecular formula is C25H33Cl2N3O4S. The minimum absolute atomic E-state index is 0.0599. The third-order valence-corrected chi connectivity index (χ3v) is 7.36. The number of rotatable bonds is 12. The van der Waals surface area contributed by atoms with Crippen molar-refractivity contribution in [2.75, 3.05) is 23.7 Å². The number of hydrogen-bond donors (Lipinski definition) is 1. The van der Waals surface area contributed by atoms with Gasteiger partial charge < -0.3 is 10.2 Å². The molecule has 7 nitrogen and oxygen atoms in total. The second-order valence-corrected chi connectivity index (χ2v) is 11.1. The Labute approximate surface area is 218 Å². The van der Waals surface area contributed by atoms with Crippen molar-refractivity contribution < 1.29 is 18.0 Å². The highest BCUT2D eigenvalue weighted by Crippen LogP contribution is 2.27. The topological polar surface area (TPSA) is 86.8 Å². The predicted octanol–water partition coefficient (Wildman–Crippen LogP) is 4.79. The molecule has 192 valence electrons. The third kappa shape index (κ3) is 8.12. The van der Waals surface area contributed by atoms with Gasteiger partial charge in [-0.1, -0.05) is 67.7 Å². The highest BCUT2D eigenvalue weighted by atomic mass is 35.5. The summed E-state index contributed by atoms with van der Waals surface area (Å²) >= 11 is 12.5. The van der Waals surface area contributed by atoms with Crippen molar-refractivity contribution in [2.45, 2.75) is 52.6 Å². The Bertz CT molecular complexity index is 1140. The van der Waals surface area contributed by atoms with Gasteiger partial charge in [-0.15, -0.1) is 0 Å². The van der Waals surface area contributed by atoms with Gasteiger partial charge in [-0.2, -0.15) is 0 Å². The molecule has 0 aromatic heterocycles. The normalized spacial score (nSPS) is 12.2. The van der Waals surface area contributed by atoms with Crippen molar-refractivity contribution in [1.82, 2.24) is 10.2 Å². The monoisotopic (exact) mass is 541 g/mol. The van der Waals surface area contributed by atoms with Crippen LogP contribution in [0.3, 0.4) is 0 Å². The Hall–Kier alpha value is -2.29. The van der Waals surface area contributed by atoms with E-state index in [1.807, 2.05) is 13.8 Å². The van der Waals surface area contributed by atoms with Crippen molar-refractivity contribution in [1.29, 1.82) is 0 Å². The van der Waals surface area contributed by atoms with E-state index in [-0.39, 0.29) is 12.5 Å². The number of hydrogen-bond acceptors (Lipinski definition) is 4. The number of amides is 2. The number of sulfonamides is 1. The second-order valence-electron chi connectivity index (χ2n) is 8.38. The van der Waals surface area contributed by atoms with Crippen LogP contribution in [0.4, 0.5) is 5.69 Å². The zero-order valence-electron chi connectivity index (χ0n) is 20.6. The largest absolute Gasteiger partial charge is 0.354 e. The van der Waals surface area contributed by atoms with E-state index in [1.54, 1.807) is 43.3 Å². The van der Waals surface area contributed by atoms with Crippen molar-refractivity contribution >= 4 is 50.7 Å². The SMILES string of the molecule is CCCCNC(=O)[C@@H](CC)N(Cc1ccccc1Cl)C(=O)CN(c1cc(Cl)ccc1C)S(C)(=O)=O. The fourth-order valence-corrected chi connectivity index (χ4v) is 4.94. The maximum absolute atomic E-state index is 13.7. The van der Waals surface area contributed by atoms with Crippen LogP contribution in [0.2, 0.25) is 10.0 Å². The maximum atomic E-state index is 13.7. The minimum atomic E-state index is -3.84. The summed E-state index contributed by atoms with van der Waals surface area (Å²) in [6.45, 7) is 5.65. The molecule has 2 aromatic carbocycles. The second kappa shape index (κ2) is 13.1. The van der Waals surface area contributed by atoms with E-state index in [9.17, 15) is 18.0 Å². The van der Waals surface area contributed by atoms with Crippen LogP contribution >= 0.6 is 23.2 Å². The van der Waals surface area contributed by atoms with Gasteiger partial charge >= 0.3 is 0 Å². The molecule has 0 unspecified atom stereocenters. The summed E-state index contributed by atoms with van der Waals surface area (Å²) in [5.74, 6) is -0.807. The summed E-state index contributed by atoms with van der Waals surface area (Å²) in [5.41, 5.74) is 1.62. The summed E-state index contributed by atoms with van der Waals surface area (Å²) in [6.07, 6.45) is 3.12. The first-order chi connectivity index (χ1) is 16.5. The van der Waals surface area contributed by atoms with E-state index in [2.05, 4.69) is 5.32 Å². The molecule has 1 atom stereocenters. The fraction of sp³-hybridized carbons (Fsp3) is 0.440. The molecule has 0 saturated carbocycles. The highest BCUT2D eigenvalue weighted by molar-refractivity contribution is 7.92. The van der Waals surface area contributed by atoms with Crippen LogP contribution in [0.5, 0.6) is 0 Å². The van der Waals surface area contributed by atoms with E-state index < -0.39 is 28.5 Å². The Kier molecular flexibility index (Phi) is 10.9. The van der Waals surface area contributed by atoms with E-state index in [4.69, 9.17) is 23.2 Å². The maximum Gasteiger partial charge on any atom is 0.244 e. The van der Waals surface area contributed by atoms with Crippen molar-refractivity contribution in [3.8, 4) is 0 Å². The van der Waals surface area contributed by atoms with Crippen LogP contribution < -0.4 is 9.62 Å². The number of nitrogens with zero attached hydrogens (tertiary/aromatic N) is 2. The molecule has 0 bridgehead atoms. The molecule has 0 aliphatic carbocycles. The lowest BCUT2D eigenvalue weighted by Crippen LogP contribution is -2.52. The molecule has 2 amide bonds. The lowest BCUT2D eigenvalue weighted by Gasteiger charge is -2.33. The fourth-order valence-electron chi connectivity index (χ4n) is 3.68. The molecule has 2 aromatic rings. The average molecular weight is 543 g/mol. The molecule has 0 radical (unpaired) electrons. The zero-order valence-corrected chi connectivity index (χ0v) is 22.9. The van der Waals surface area contributed by atoms with Gasteiger partial charge in [0.25, 0.3) is 0 Å². The van der Waals surface area contributed by atoms with Gasteiger partial charge in [-0.3, -0.25) is 13.9 Å². The van der Waals surface area contributed by atoms with E-state index in [0.29, 0.717) is 39.8 Å². The summed E-state index contributed by atoms with van der Waals surface area (Å²) < 4.78 is 26.5. The molecule has 0 aliphatic rings. The first kappa shape index (κ1) is 28.9. The Balaban J connectivity index is 2.46. The summed E-state index contributed by atoms with van der Waals surface area (Å²) in [7, 11) is -3.84. The predicted molar refractivity (Wildman–Crippen MR) is 142 cm³/mol. The lowest BCUT2D eigenvalue weighted by atomic mass is 10.1. The average Bonchev–Trinajstić information content (AvgIpc) is 2.79. The molecule has 35 heavy (non-hydrogen) atoms. The van der Waals surface area contributed by atoms with Gasteiger partial charge in [-0.05, 0) is 49.1 Å². The summed E-state index contributed by atoms with van der Waals surface area (Å²) in [5, 5.41) is 3.69. The van der Waals surface area contributed by atoms with E-state index >= 15 is 0 Å². The van der Waals surface area contributed by atoms with Gasteiger partial charge in [0.05, 0.1) is 11.9 Å². The molecule has 0 aliphatic heterocycles. The number of nitrogens with one attached hydrogen (secondary N) is 1. The highest BCUT2D eigenvalue weighted by Gasteiger charge is 2.32. The van der Waals surface area contributed by atoms with Crippen LogP contribution in [-0.4, -0.2) is 50.5 Å². The molecule has 2 rings (SSSR count). The number of unbranched alkanes of at least 4 members (excludes halogenated alkanes) is 1. The Morgan fingerprint density at radius 3 is 2.37 bits per heavy atom. The number of benzene rings is 2. The van der Waals surface area contributed by atoms with Crippen LogP contribution in [-0.2, 0) is 26.2 Å². The number of carbonyl (C=O) groups is 2. The quantitative estimate of drug-likeness (QED) is 0.391. The van der Waals surface area contributed by atoms with E-state index in [0.717, 1.165) is 23.4 Å². The lowest BCUT2D eigenvalue weighted by molar-refractivity contribution is -0.140. The Morgan fingerprint density at radius 1 is 1.09 bits per heavy atom. The van der Waals surface area contributed by atoms with Crippen LogP contribution in [0.25, 0.3) is 0 Å². The summed E-state index contributed by atoms with van der Waals surface area (Å²) in [4.78, 5) is 28.1. The van der Waals surface area contributed by atoms with Crippen molar-refractivity contribution in [3.05, 3.63) is 63.6 Å². The first-order valence-corrected chi connectivity index (χ1v) is 14.1. The summed E-state index contributed by atoms with van der Waals surface area (Å²) in [6, 6.07) is 11.1. The first-order valence-electron chi connectivity index (χ1n) is 11.5. The number of anilines is 1. The smallest absolute Gasteiger partial charge is 0.244 e. The van der Waals surface area contributed by atoms with Crippen molar-refractivity contribution in [3.63, 3.8) is 0 Å². The van der Waals surface area contributed by atoms with Gasteiger partial charge in [0.1, 0.15) is 12.6 Å². The third-order valence-electron chi connectivity index (χ3n) is 5.63. The van der Waals surface area contributed by atoms with Gasteiger partial charge in [0.2, 0.25) is 21.8 Å². The Morgan fingerprint density at radius 2 is 1.77 bits per heavy atom. The zero-order chi connectivity index (χ0) is 26.2. The molecule has 0 heterocycles. The molecular weight excluding hydrogens is 509 g/mol. The van der Waals surface area contributed by atoms with E-state index in [1.165, 1.54) is 11.0 Å². The molecule has 0 fully saturated rings. The number of halogens is 2. The minimum Gasteiger partial charge on any atom is -0.354 e. The molecule has 0 spiro atoms. The van der Waals surface area contributed by atoms with Crippen LogP contribution in [0.1, 0.15) is 44.2 Å². The number of carbonyl (C=O) groups excluding carboxylic acids is 2. The molecule has 0 saturated heterocycles. The van der Waals surface area contributed by atoms with Gasteiger partial charge in [0, 0.05) is 23.1 Å². The van der Waals surface area contributed by atoms with Crippen LogP contribution in [0.15, 0.2) is 42.5 Å². The van der Waals surface area contributed by atoms with Crippen LogP contribution in [0, 0.1) is 6.92 Å². The standard InChI is InChI=1S/C25H33Cl2N3O4S/c1-5-7-14-28-25(32)22(6-2)29(16-19-10-8-9-11-21(19)27)24(31)17-30(35(4,33)34)23-15-20(26)13-12-18(23)3/h8-13,15,22H,5-7,14,16-17H2,1-4H3,(H,28,32)/t22-/m1/s1. The van der Waals surface area contributed by atoms with Gasteiger partial charge in [0.15, 0.2) is 0 Å². The molecule has 10 heteroatoms. The van der Waals surface area contributed by atoms with Crippen molar-refractivity contribution in [2.24, 2.45) is 0 Å². The van der Waals surface area contributed by atoms with Gasteiger partial charge in [-0.25, -0.2) is 8.42 Å².